The molecule has 0 aliphatic carbocycles. The van der Waals surface area contributed by atoms with E-state index in [2.05, 4.69) is 5.32 Å². The van der Waals surface area contributed by atoms with E-state index in [0.29, 0.717) is 18.4 Å². The van der Waals surface area contributed by atoms with Crippen LogP contribution in [0.25, 0.3) is 0 Å². The number of hydrogen-bond donors (Lipinski definition) is 1. The van der Waals surface area contributed by atoms with Crippen LogP contribution in [0.3, 0.4) is 0 Å². The van der Waals surface area contributed by atoms with Gasteiger partial charge in [-0.15, -0.1) is 0 Å². The lowest BCUT2D eigenvalue weighted by Crippen LogP contribution is -2.42. The third-order valence-corrected chi connectivity index (χ3v) is 3.38. The fourth-order valence-corrected chi connectivity index (χ4v) is 2.40. The summed E-state index contributed by atoms with van der Waals surface area (Å²) in [4.78, 5) is 11.3. The fourth-order valence-electron chi connectivity index (χ4n) is 2.40. The van der Waals surface area contributed by atoms with E-state index in [-0.39, 0.29) is 11.4 Å². The molecule has 1 fully saturated rings. The first-order valence-electron chi connectivity index (χ1n) is 5.79. The monoisotopic (exact) mass is 239 g/mol. The maximum atomic E-state index is 13.1. The van der Waals surface area contributed by atoms with Crippen LogP contribution in [0.5, 0.6) is 0 Å². The molecular weight excluding hydrogens is 224 g/mol. The Morgan fingerprint density at radius 2 is 1.94 bits per heavy atom. The van der Waals surface area contributed by atoms with Crippen molar-refractivity contribution in [1.29, 1.82) is 0 Å². The molecule has 17 heavy (non-hydrogen) atoms. The zero-order valence-electron chi connectivity index (χ0n) is 9.72. The van der Waals surface area contributed by atoms with E-state index >= 15 is 0 Å². The highest BCUT2D eigenvalue weighted by Crippen LogP contribution is 2.28. The lowest BCUT2D eigenvalue weighted by Gasteiger charge is -2.27. The first-order chi connectivity index (χ1) is 8.03. The Hall–Kier alpha value is -1.45. The van der Waals surface area contributed by atoms with E-state index in [1.807, 2.05) is 6.92 Å². The summed E-state index contributed by atoms with van der Waals surface area (Å²) in [6.45, 7) is 1.97. The van der Waals surface area contributed by atoms with Gasteiger partial charge in [0, 0.05) is 18.0 Å². The summed E-state index contributed by atoms with van der Waals surface area (Å²) < 4.78 is 26.2. The van der Waals surface area contributed by atoms with Gasteiger partial charge in [-0.1, -0.05) is 6.92 Å². The summed E-state index contributed by atoms with van der Waals surface area (Å²) in [7, 11) is 0. The topological polar surface area (TPSA) is 29.1 Å². The molecule has 1 aromatic carbocycles. The number of carbonyl (C=O) groups is 1. The second-order valence-electron chi connectivity index (χ2n) is 4.64. The third-order valence-electron chi connectivity index (χ3n) is 3.38. The molecule has 1 heterocycles. The van der Waals surface area contributed by atoms with Gasteiger partial charge in [-0.2, -0.15) is 0 Å². The third kappa shape index (κ3) is 2.62. The fraction of sp³-hybridized carbons (Fsp3) is 0.462. The lowest BCUT2D eigenvalue weighted by molar-refractivity contribution is -0.119. The van der Waals surface area contributed by atoms with Gasteiger partial charge in [-0.3, -0.25) is 4.79 Å². The minimum absolute atomic E-state index is 0.0173. The van der Waals surface area contributed by atoms with Gasteiger partial charge >= 0.3 is 0 Å². The number of rotatable bonds is 3. The zero-order valence-corrected chi connectivity index (χ0v) is 9.72. The number of halogens is 2. The van der Waals surface area contributed by atoms with Crippen LogP contribution < -0.4 is 5.32 Å². The molecular formula is C13H15F2NO. The van der Waals surface area contributed by atoms with Crippen LogP contribution in [0.15, 0.2) is 18.2 Å². The summed E-state index contributed by atoms with van der Waals surface area (Å²) in [5, 5.41) is 2.92. The Morgan fingerprint density at radius 1 is 1.29 bits per heavy atom. The molecule has 1 aliphatic rings. The molecule has 1 saturated heterocycles. The summed E-state index contributed by atoms with van der Waals surface area (Å²) in [6.07, 6.45) is 2.45. The number of amides is 1. The predicted octanol–water partition coefficient (Wildman–Crippen LogP) is 2.57. The smallest absolute Gasteiger partial charge is 0.220 e. The molecule has 2 rings (SSSR count). The maximum Gasteiger partial charge on any atom is 0.220 e. The molecule has 0 aromatic heterocycles. The van der Waals surface area contributed by atoms with Crippen LogP contribution >= 0.6 is 0 Å². The van der Waals surface area contributed by atoms with Crippen molar-refractivity contribution in [2.45, 2.75) is 38.1 Å². The highest BCUT2D eigenvalue weighted by atomic mass is 19.1. The van der Waals surface area contributed by atoms with E-state index in [1.165, 1.54) is 12.1 Å². The summed E-state index contributed by atoms with van der Waals surface area (Å²) in [6, 6.07) is 3.51. The number of nitrogens with one attached hydrogen (secondary N) is 1. The average molecular weight is 239 g/mol. The molecule has 1 unspecified atom stereocenters. The van der Waals surface area contributed by atoms with Gasteiger partial charge in [-0.25, -0.2) is 8.78 Å². The largest absolute Gasteiger partial charge is 0.350 e. The molecule has 1 N–H and O–H groups in total. The first kappa shape index (κ1) is 12.0. The van der Waals surface area contributed by atoms with Crippen LogP contribution in [0.4, 0.5) is 8.78 Å². The molecule has 92 valence electrons. The number of benzene rings is 1. The van der Waals surface area contributed by atoms with Crippen molar-refractivity contribution in [1.82, 2.24) is 5.32 Å². The maximum absolute atomic E-state index is 13.1. The molecule has 0 radical (unpaired) electrons. The Kier molecular flexibility index (Phi) is 3.13. The van der Waals surface area contributed by atoms with Gasteiger partial charge in [0.15, 0.2) is 0 Å². The lowest BCUT2D eigenvalue weighted by atomic mass is 9.87. The summed E-state index contributed by atoms with van der Waals surface area (Å²) in [5.41, 5.74) is 0.253. The van der Waals surface area contributed by atoms with E-state index in [0.717, 1.165) is 18.9 Å². The van der Waals surface area contributed by atoms with Crippen LogP contribution in [-0.4, -0.2) is 11.4 Å². The Morgan fingerprint density at radius 3 is 2.41 bits per heavy atom. The number of hydrogen-bond acceptors (Lipinski definition) is 1. The van der Waals surface area contributed by atoms with Gasteiger partial charge < -0.3 is 5.32 Å². The van der Waals surface area contributed by atoms with Crippen molar-refractivity contribution in [2.75, 3.05) is 0 Å². The zero-order chi connectivity index (χ0) is 12.5. The highest BCUT2D eigenvalue weighted by Gasteiger charge is 2.36. The number of carbonyl (C=O) groups excluding carboxylic acids is 1. The van der Waals surface area contributed by atoms with E-state index in [9.17, 15) is 13.6 Å². The van der Waals surface area contributed by atoms with Crippen molar-refractivity contribution < 1.29 is 13.6 Å². The molecule has 0 saturated carbocycles. The second kappa shape index (κ2) is 4.43. The van der Waals surface area contributed by atoms with Crippen LogP contribution in [-0.2, 0) is 11.2 Å². The summed E-state index contributed by atoms with van der Waals surface area (Å²) in [5.74, 6) is -1.13. The van der Waals surface area contributed by atoms with Gasteiger partial charge in [0.05, 0.1) is 0 Å². The van der Waals surface area contributed by atoms with E-state index in [1.54, 1.807) is 0 Å². The molecule has 0 bridgehead atoms. The van der Waals surface area contributed by atoms with Crippen molar-refractivity contribution in [3.8, 4) is 0 Å². The van der Waals surface area contributed by atoms with Gasteiger partial charge in [0.2, 0.25) is 5.91 Å². The SMILES string of the molecule is CCC1(Cc2cc(F)cc(F)c2)CCC(=O)N1. The van der Waals surface area contributed by atoms with Crippen LogP contribution in [0.2, 0.25) is 0 Å². The first-order valence-corrected chi connectivity index (χ1v) is 5.79. The molecule has 1 amide bonds. The van der Waals surface area contributed by atoms with Crippen LogP contribution in [0, 0.1) is 11.6 Å². The average Bonchev–Trinajstić information content (AvgIpc) is 2.59. The molecule has 1 aromatic rings. The van der Waals surface area contributed by atoms with E-state index < -0.39 is 11.6 Å². The molecule has 0 spiro atoms. The van der Waals surface area contributed by atoms with Gasteiger partial charge in [0.1, 0.15) is 11.6 Å². The normalized spacial score (nSPS) is 23.8. The van der Waals surface area contributed by atoms with Crippen molar-refractivity contribution >= 4 is 5.91 Å². The van der Waals surface area contributed by atoms with E-state index in [4.69, 9.17) is 0 Å². The van der Waals surface area contributed by atoms with Crippen molar-refractivity contribution in [3.63, 3.8) is 0 Å². The second-order valence-corrected chi connectivity index (χ2v) is 4.64. The Labute approximate surface area is 99.0 Å². The molecule has 1 aliphatic heterocycles. The van der Waals surface area contributed by atoms with Gasteiger partial charge in [-0.05, 0) is 37.0 Å². The minimum atomic E-state index is -0.574. The molecule has 2 nitrogen and oxygen atoms in total. The van der Waals surface area contributed by atoms with Crippen molar-refractivity contribution in [3.05, 3.63) is 35.4 Å². The Bertz CT molecular complexity index is 427. The standard InChI is InChI=1S/C13H15F2NO/c1-2-13(4-3-12(17)16-13)8-9-5-10(14)7-11(15)6-9/h5-7H,2-4,8H2,1H3,(H,16,17). The highest BCUT2D eigenvalue weighted by molar-refractivity contribution is 5.79. The van der Waals surface area contributed by atoms with Crippen molar-refractivity contribution in [2.24, 2.45) is 0 Å². The quantitative estimate of drug-likeness (QED) is 0.863. The predicted molar refractivity (Wildman–Crippen MR) is 60.5 cm³/mol. The molecule has 4 heteroatoms. The Balaban J connectivity index is 2.21. The van der Waals surface area contributed by atoms with Gasteiger partial charge in [0.25, 0.3) is 0 Å². The minimum Gasteiger partial charge on any atom is -0.350 e. The molecule has 1 atom stereocenters. The van der Waals surface area contributed by atoms with Crippen LogP contribution in [0.1, 0.15) is 31.7 Å². The summed E-state index contributed by atoms with van der Waals surface area (Å²) >= 11 is 0.